The van der Waals surface area contributed by atoms with Gasteiger partial charge in [0.1, 0.15) is 17.7 Å². The van der Waals surface area contributed by atoms with Crippen LogP contribution in [0.25, 0.3) is 21.9 Å². The van der Waals surface area contributed by atoms with Crippen molar-refractivity contribution in [2.24, 2.45) is 0 Å². The number of para-hydroxylation sites is 1. The molecule has 0 radical (unpaired) electrons. The lowest BCUT2D eigenvalue weighted by molar-refractivity contribution is -0.147. The van der Waals surface area contributed by atoms with Crippen molar-refractivity contribution < 1.29 is 18.7 Å². The molecule has 0 unspecified atom stereocenters. The van der Waals surface area contributed by atoms with E-state index in [1.165, 1.54) is 16.8 Å². The van der Waals surface area contributed by atoms with Gasteiger partial charge in [-0.15, -0.1) is 0 Å². The molecule has 1 amide bonds. The van der Waals surface area contributed by atoms with E-state index in [0.29, 0.717) is 5.69 Å². The Morgan fingerprint density at radius 2 is 1.75 bits per heavy atom. The normalized spacial score (nSPS) is 10.9. The Morgan fingerprint density at radius 3 is 2.61 bits per heavy atom. The molecule has 4 rings (SSSR count). The zero-order valence-electron chi connectivity index (χ0n) is 14.8. The summed E-state index contributed by atoms with van der Waals surface area (Å²) in [5, 5.41) is 4.53. The number of aromatic nitrogens is 1. The minimum absolute atomic E-state index is 0.250. The first kappa shape index (κ1) is 17.5. The van der Waals surface area contributed by atoms with Crippen LogP contribution >= 0.6 is 0 Å². The van der Waals surface area contributed by atoms with Crippen LogP contribution in [0.2, 0.25) is 0 Å². The van der Waals surface area contributed by atoms with Crippen LogP contribution in [-0.2, 0) is 20.9 Å². The number of carbonyl (C=O) groups is 2. The van der Waals surface area contributed by atoms with Gasteiger partial charge in [-0.1, -0.05) is 24.3 Å². The highest BCUT2D eigenvalue weighted by Crippen LogP contribution is 2.30. The first-order valence-corrected chi connectivity index (χ1v) is 8.62. The van der Waals surface area contributed by atoms with E-state index in [2.05, 4.69) is 5.32 Å². The fourth-order valence-corrected chi connectivity index (χ4v) is 2.92. The summed E-state index contributed by atoms with van der Waals surface area (Å²) in [6.45, 7) is -0.690. The molecule has 0 spiro atoms. The Labute approximate surface area is 159 Å². The molecule has 28 heavy (non-hydrogen) atoms. The second-order valence-corrected chi connectivity index (χ2v) is 6.18. The highest BCUT2D eigenvalue weighted by Gasteiger charge is 2.11. The number of hydrogen-bond acceptors (Lipinski definition) is 5. The van der Waals surface area contributed by atoms with E-state index < -0.39 is 18.5 Å². The Hall–Kier alpha value is -3.87. The fraction of sp³-hybridized carbons (Fsp3) is 0.0952. The molecule has 0 aliphatic carbocycles. The number of rotatable bonds is 5. The van der Waals surface area contributed by atoms with Crippen molar-refractivity contribution in [1.29, 1.82) is 0 Å². The molecule has 1 N–H and O–H groups in total. The first-order chi connectivity index (χ1) is 13.6. The maximum absolute atomic E-state index is 12.1. The Bertz CT molecular complexity index is 1240. The van der Waals surface area contributed by atoms with Crippen LogP contribution in [0.4, 0.5) is 5.69 Å². The van der Waals surface area contributed by atoms with Gasteiger partial charge in [0, 0.05) is 28.7 Å². The molecule has 2 aromatic carbocycles. The highest BCUT2D eigenvalue weighted by atomic mass is 16.5. The lowest BCUT2D eigenvalue weighted by Gasteiger charge is -2.08. The molecule has 0 atom stereocenters. The predicted octanol–water partition coefficient (Wildman–Crippen LogP) is 2.93. The average Bonchev–Trinajstić information content (AvgIpc) is 3.06. The number of anilines is 1. The van der Waals surface area contributed by atoms with Gasteiger partial charge in [0.05, 0.1) is 0 Å². The number of furan rings is 1. The number of fused-ring (bicyclic) bond motifs is 3. The minimum Gasteiger partial charge on any atom is -0.456 e. The molecule has 0 fully saturated rings. The monoisotopic (exact) mass is 376 g/mol. The lowest BCUT2D eigenvalue weighted by Crippen LogP contribution is -2.26. The van der Waals surface area contributed by atoms with Crippen LogP contribution < -0.4 is 10.9 Å². The number of esters is 1. The van der Waals surface area contributed by atoms with Gasteiger partial charge in [0.25, 0.3) is 11.5 Å². The van der Waals surface area contributed by atoms with E-state index >= 15 is 0 Å². The summed E-state index contributed by atoms with van der Waals surface area (Å²) in [5.41, 5.74) is 1.74. The van der Waals surface area contributed by atoms with Crippen molar-refractivity contribution in [2.45, 2.75) is 6.54 Å². The molecule has 0 saturated carbocycles. The van der Waals surface area contributed by atoms with Crippen LogP contribution in [0.3, 0.4) is 0 Å². The lowest BCUT2D eigenvalue weighted by atomic mass is 10.1. The van der Waals surface area contributed by atoms with Crippen LogP contribution in [0.1, 0.15) is 0 Å². The molecule has 7 heteroatoms. The van der Waals surface area contributed by atoms with Crippen LogP contribution in [0.15, 0.2) is 76.1 Å². The molecule has 7 nitrogen and oxygen atoms in total. The Kier molecular flexibility index (Phi) is 4.63. The number of hydrogen-bond donors (Lipinski definition) is 1. The maximum Gasteiger partial charge on any atom is 0.326 e. The predicted molar refractivity (Wildman–Crippen MR) is 104 cm³/mol. The zero-order chi connectivity index (χ0) is 19.5. The number of amides is 1. The van der Waals surface area contributed by atoms with Crippen molar-refractivity contribution in [3.05, 3.63) is 77.2 Å². The molecule has 2 aromatic heterocycles. The van der Waals surface area contributed by atoms with Gasteiger partial charge in [-0.2, -0.15) is 0 Å². The fourth-order valence-electron chi connectivity index (χ4n) is 2.92. The Balaban J connectivity index is 1.39. The summed E-state index contributed by atoms with van der Waals surface area (Å²) >= 11 is 0. The van der Waals surface area contributed by atoms with Gasteiger partial charge in [-0.25, -0.2) is 0 Å². The summed E-state index contributed by atoms with van der Waals surface area (Å²) in [6, 6.07) is 17.5. The first-order valence-electron chi connectivity index (χ1n) is 8.62. The second kappa shape index (κ2) is 7.40. The summed E-state index contributed by atoms with van der Waals surface area (Å²) in [5.74, 6) is -1.14. The van der Waals surface area contributed by atoms with Gasteiger partial charge in [0.15, 0.2) is 6.61 Å². The second-order valence-electron chi connectivity index (χ2n) is 6.18. The van der Waals surface area contributed by atoms with E-state index in [9.17, 15) is 14.4 Å². The van der Waals surface area contributed by atoms with Crippen molar-refractivity contribution in [2.75, 3.05) is 11.9 Å². The van der Waals surface area contributed by atoms with Gasteiger partial charge in [-0.05, 0) is 30.3 Å². The number of ether oxygens (including phenoxy) is 1. The van der Waals surface area contributed by atoms with Crippen molar-refractivity contribution in [3.8, 4) is 0 Å². The van der Waals surface area contributed by atoms with Gasteiger partial charge in [0.2, 0.25) is 0 Å². The summed E-state index contributed by atoms with van der Waals surface area (Å²) in [7, 11) is 0. The number of nitrogens with one attached hydrogen (secondary N) is 1. The standard InChI is InChI=1S/C21H16N2O5/c24-19(13-27-21(26)12-23-10-4-3-7-20(23)25)22-14-8-9-18-16(11-14)15-5-1-2-6-17(15)28-18/h1-11H,12-13H2,(H,22,24). The zero-order valence-corrected chi connectivity index (χ0v) is 14.8. The molecular formula is C21H16N2O5. The molecule has 0 aliphatic rings. The summed E-state index contributed by atoms with van der Waals surface area (Å²) < 4.78 is 11.9. The molecule has 2 heterocycles. The maximum atomic E-state index is 12.1. The SMILES string of the molecule is O=C(COC(=O)Cn1ccccc1=O)Nc1ccc2oc3ccccc3c2c1. The highest BCUT2D eigenvalue weighted by molar-refractivity contribution is 6.07. The molecule has 4 aromatic rings. The van der Waals surface area contributed by atoms with Gasteiger partial charge >= 0.3 is 5.97 Å². The topological polar surface area (TPSA) is 90.5 Å². The van der Waals surface area contributed by atoms with Crippen LogP contribution in [0, 0.1) is 0 Å². The van der Waals surface area contributed by atoms with Crippen molar-refractivity contribution >= 4 is 39.5 Å². The summed E-state index contributed by atoms with van der Waals surface area (Å²) in [6.07, 6.45) is 1.48. The number of carbonyl (C=O) groups excluding carboxylic acids is 2. The van der Waals surface area contributed by atoms with E-state index in [0.717, 1.165) is 21.9 Å². The largest absolute Gasteiger partial charge is 0.456 e. The van der Waals surface area contributed by atoms with E-state index in [1.54, 1.807) is 24.3 Å². The van der Waals surface area contributed by atoms with Gasteiger partial charge in [-0.3, -0.25) is 14.4 Å². The third-order valence-corrected chi connectivity index (χ3v) is 4.22. The van der Waals surface area contributed by atoms with Crippen LogP contribution in [-0.4, -0.2) is 23.1 Å². The average molecular weight is 376 g/mol. The molecule has 0 aliphatic heterocycles. The van der Waals surface area contributed by atoms with E-state index in [-0.39, 0.29) is 12.1 Å². The van der Waals surface area contributed by atoms with E-state index in [4.69, 9.17) is 9.15 Å². The van der Waals surface area contributed by atoms with Gasteiger partial charge < -0.3 is 19.0 Å². The number of nitrogens with zero attached hydrogens (tertiary/aromatic N) is 1. The molecular weight excluding hydrogens is 360 g/mol. The molecule has 0 saturated heterocycles. The van der Waals surface area contributed by atoms with Crippen molar-refractivity contribution in [1.82, 2.24) is 4.57 Å². The van der Waals surface area contributed by atoms with Crippen LogP contribution in [0.5, 0.6) is 0 Å². The molecule has 140 valence electrons. The molecule has 0 bridgehead atoms. The minimum atomic E-state index is -0.667. The smallest absolute Gasteiger partial charge is 0.326 e. The third kappa shape index (κ3) is 3.64. The van der Waals surface area contributed by atoms with E-state index in [1.807, 2.05) is 30.3 Å². The number of benzene rings is 2. The Morgan fingerprint density at radius 1 is 0.964 bits per heavy atom. The number of pyridine rings is 1. The quantitative estimate of drug-likeness (QED) is 0.541. The van der Waals surface area contributed by atoms with Crippen molar-refractivity contribution in [3.63, 3.8) is 0 Å². The third-order valence-electron chi connectivity index (χ3n) is 4.22. The summed E-state index contributed by atoms with van der Waals surface area (Å²) in [4.78, 5) is 35.5.